The fraction of sp³-hybridized carbons (Fsp3) is 0.647. The van der Waals surface area contributed by atoms with Gasteiger partial charge in [-0.1, -0.05) is 20.8 Å². The highest BCUT2D eigenvalue weighted by atomic mass is 16.3. The van der Waals surface area contributed by atoms with E-state index in [1.165, 1.54) is 0 Å². The fourth-order valence-electron chi connectivity index (χ4n) is 2.49. The van der Waals surface area contributed by atoms with Gasteiger partial charge in [0.25, 0.3) is 0 Å². The maximum atomic E-state index is 12.0. The molecule has 0 radical (unpaired) electrons. The van der Waals surface area contributed by atoms with Crippen LogP contribution in [0.15, 0.2) is 24.5 Å². The highest BCUT2D eigenvalue weighted by molar-refractivity contribution is 5.92. The van der Waals surface area contributed by atoms with Crippen molar-refractivity contribution in [2.24, 2.45) is 5.41 Å². The maximum absolute atomic E-state index is 12.0. The molecule has 6 heteroatoms. The maximum Gasteiger partial charge on any atom is 0.238 e. The van der Waals surface area contributed by atoms with Crippen molar-refractivity contribution in [3.8, 4) is 0 Å². The van der Waals surface area contributed by atoms with Crippen molar-refractivity contribution < 1.29 is 9.90 Å². The lowest BCUT2D eigenvalue weighted by Crippen LogP contribution is -2.51. The van der Waals surface area contributed by atoms with Gasteiger partial charge in [0.1, 0.15) is 0 Å². The van der Waals surface area contributed by atoms with Gasteiger partial charge in [0.05, 0.1) is 12.6 Å². The largest absolute Gasteiger partial charge is 0.391 e. The third kappa shape index (κ3) is 5.89. The van der Waals surface area contributed by atoms with Crippen molar-refractivity contribution in [2.75, 3.05) is 44.6 Å². The highest BCUT2D eigenvalue weighted by Crippen LogP contribution is 2.20. The summed E-state index contributed by atoms with van der Waals surface area (Å²) in [5.74, 6) is -0.000578. The van der Waals surface area contributed by atoms with Gasteiger partial charge in [-0.3, -0.25) is 19.6 Å². The number of nitrogens with zero attached hydrogens (tertiary/aromatic N) is 3. The molecule has 1 aromatic heterocycles. The summed E-state index contributed by atoms with van der Waals surface area (Å²) in [6.45, 7) is 10.7. The molecule has 1 amide bonds. The predicted octanol–water partition coefficient (Wildman–Crippen LogP) is 1.04. The topological polar surface area (TPSA) is 68.7 Å². The molecule has 128 valence electrons. The molecule has 1 fully saturated rings. The number of aliphatic hydroxyl groups excluding tert-OH is 1. The smallest absolute Gasteiger partial charge is 0.238 e. The zero-order valence-electron chi connectivity index (χ0n) is 14.3. The molecule has 2 N–H and O–H groups in total. The van der Waals surface area contributed by atoms with Crippen molar-refractivity contribution in [3.63, 3.8) is 0 Å². The summed E-state index contributed by atoms with van der Waals surface area (Å²) >= 11 is 0. The number of aliphatic hydroxyl groups is 1. The van der Waals surface area contributed by atoms with E-state index in [1.54, 1.807) is 24.5 Å². The first-order chi connectivity index (χ1) is 10.8. The summed E-state index contributed by atoms with van der Waals surface area (Å²) in [5, 5.41) is 13.1. The average Bonchev–Trinajstić information content (AvgIpc) is 2.49. The molecule has 2 heterocycles. The van der Waals surface area contributed by atoms with Gasteiger partial charge in [0.2, 0.25) is 5.91 Å². The molecule has 0 saturated carbocycles. The average molecular weight is 320 g/mol. The summed E-state index contributed by atoms with van der Waals surface area (Å²) in [4.78, 5) is 20.4. The van der Waals surface area contributed by atoms with Gasteiger partial charge in [0.15, 0.2) is 0 Å². The van der Waals surface area contributed by atoms with E-state index in [0.717, 1.165) is 31.9 Å². The fourth-order valence-corrected chi connectivity index (χ4v) is 2.49. The van der Waals surface area contributed by atoms with E-state index in [2.05, 4.69) is 40.9 Å². The molecule has 1 atom stereocenters. The molecule has 0 aliphatic carbocycles. The monoisotopic (exact) mass is 320 g/mol. The van der Waals surface area contributed by atoms with Gasteiger partial charge < -0.3 is 10.4 Å². The minimum Gasteiger partial charge on any atom is -0.391 e. The molecule has 2 rings (SSSR count). The SMILES string of the molecule is CC(C)(C)C(O)CN1CCN(CC(=O)Nc2ccncc2)CC1. The van der Waals surface area contributed by atoms with Crippen molar-refractivity contribution in [1.29, 1.82) is 0 Å². The molecule has 1 aliphatic rings. The summed E-state index contributed by atoms with van der Waals surface area (Å²) in [5.41, 5.74) is 0.679. The molecule has 1 aliphatic heterocycles. The minimum atomic E-state index is -0.330. The van der Waals surface area contributed by atoms with E-state index in [9.17, 15) is 9.90 Å². The Bertz CT molecular complexity index is 493. The number of piperazine rings is 1. The number of amides is 1. The number of pyridine rings is 1. The third-order valence-corrected chi connectivity index (χ3v) is 4.23. The van der Waals surface area contributed by atoms with E-state index in [0.29, 0.717) is 13.1 Å². The molecule has 0 aromatic carbocycles. The molecule has 0 spiro atoms. The van der Waals surface area contributed by atoms with Gasteiger partial charge in [-0.25, -0.2) is 0 Å². The number of hydrogen-bond acceptors (Lipinski definition) is 5. The van der Waals surface area contributed by atoms with Crippen molar-refractivity contribution in [2.45, 2.75) is 26.9 Å². The minimum absolute atomic E-state index is 0.000578. The van der Waals surface area contributed by atoms with E-state index in [4.69, 9.17) is 0 Å². The number of hydrogen-bond donors (Lipinski definition) is 2. The Morgan fingerprint density at radius 1 is 1.22 bits per heavy atom. The lowest BCUT2D eigenvalue weighted by molar-refractivity contribution is -0.117. The number of nitrogens with one attached hydrogen (secondary N) is 1. The van der Waals surface area contributed by atoms with Crippen LogP contribution in [0.4, 0.5) is 5.69 Å². The summed E-state index contributed by atoms with van der Waals surface area (Å²) in [6.07, 6.45) is 2.99. The number of rotatable bonds is 5. The number of anilines is 1. The van der Waals surface area contributed by atoms with Crippen LogP contribution >= 0.6 is 0 Å². The molecule has 23 heavy (non-hydrogen) atoms. The van der Waals surface area contributed by atoms with Crippen LogP contribution in [-0.4, -0.2) is 71.2 Å². The van der Waals surface area contributed by atoms with Crippen LogP contribution in [0.3, 0.4) is 0 Å². The lowest BCUT2D eigenvalue weighted by atomic mass is 9.89. The van der Waals surface area contributed by atoms with Crippen molar-refractivity contribution in [1.82, 2.24) is 14.8 Å². The van der Waals surface area contributed by atoms with Crippen LogP contribution in [-0.2, 0) is 4.79 Å². The molecule has 1 unspecified atom stereocenters. The second-order valence-electron chi connectivity index (χ2n) is 7.24. The van der Waals surface area contributed by atoms with Crippen LogP contribution in [0.25, 0.3) is 0 Å². The number of aromatic nitrogens is 1. The van der Waals surface area contributed by atoms with Crippen LogP contribution in [0.2, 0.25) is 0 Å². The Kier molecular flexibility index (Phi) is 6.10. The van der Waals surface area contributed by atoms with Crippen LogP contribution in [0.5, 0.6) is 0 Å². The van der Waals surface area contributed by atoms with Crippen molar-refractivity contribution >= 4 is 11.6 Å². The molecule has 6 nitrogen and oxygen atoms in total. The standard InChI is InChI=1S/C17H28N4O2/c1-17(2,3)15(22)12-20-8-10-21(11-9-20)13-16(23)19-14-4-6-18-7-5-14/h4-7,15,22H,8-13H2,1-3H3,(H,18,19,23). The Labute approximate surface area is 138 Å². The van der Waals surface area contributed by atoms with Gasteiger partial charge in [-0.05, 0) is 17.5 Å². The Morgan fingerprint density at radius 3 is 2.35 bits per heavy atom. The third-order valence-electron chi connectivity index (χ3n) is 4.23. The second-order valence-corrected chi connectivity index (χ2v) is 7.24. The molecule has 1 saturated heterocycles. The van der Waals surface area contributed by atoms with Gasteiger partial charge in [0, 0.05) is 50.8 Å². The summed E-state index contributed by atoms with van der Waals surface area (Å²) in [6, 6.07) is 3.56. The molecular formula is C17H28N4O2. The van der Waals surface area contributed by atoms with E-state index < -0.39 is 0 Å². The zero-order chi connectivity index (χ0) is 16.9. The predicted molar refractivity (Wildman–Crippen MR) is 91.2 cm³/mol. The van der Waals surface area contributed by atoms with E-state index in [1.807, 2.05) is 0 Å². The van der Waals surface area contributed by atoms with Crippen molar-refractivity contribution in [3.05, 3.63) is 24.5 Å². The first kappa shape index (κ1) is 17.8. The van der Waals surface area contributed by atoms with Gasteiger partial charge in [-0.2, -0.15) is 0 Å². The molecule has 0 bridgehead atoms. The van der Waals surface area contributed by atoms with Crippen LogP contribution in [0, 0.1) is 5.41 Å². The van der Waals surface area contributed by atoms with Gasteiger partial charge >= 0.3 is 0 Å². The quantitative estimate of drug-likeness (QED) is 0.848. The first-order valence-corrected chi connectivity index (χ1v) is 8.17. The van der Waals surface area contributed by atoms with Crippen LogP contribution < -0.4 is 5.32 Å². The Hall–Kier alpha value is -1.50. The Morgan fingerprint density at radius 2 is 1.78 bits per heavy atom. The number of carbonyl (C=O) groups excluding carboxylic acids is 1. The molecular weight excluding hydrogens is 292 g/mol. The normalized spacial score (nSPS) is 18.6. The first-order valence-electron chi connectivity index (χ1n) is 8.17. The lowest BCUT2D eigenvalue weighted by Gasteiger charge is -2.37. The van der Waals surface area contributed by atoms with Crippen LogP contribution in [0.1, 0.15) is 20.8 Å². The highest BCUT2D eigenvalue weighted by Gasteiger charge is 2.26. The van der Waals surface area contributed by atoms with E-state index >= 15 is 0 Å². The Balaban J connectivity index is 1.71. The zero-order valence-corrected chi connectivity index (χ0v) is 14.3. The van der Waals surface area contributed by atoms with Gasteiger partial charge in [-0.15, -0.1) is 0 Å². The number of β-amino-alcohol motifs (C(OH)–C–C–N with tert-alkyl or cyclic N) is 1. The summed E-state index contributed by atoms with van der Waals surface area (Å²) in [7, 11) is 0. The van der Waals surface area contributed by atoms with E-state index in [-0.39, 0.29) is 17.4 Å². The second kappa shape index (κ2) is 7.86. The molecule has 1 aromatic rings. The summed E-state index contributed by atoms with van der Waals surface area (Å²) < 4.78 is 0. The number of carbonyl (C=O) groups is 1.